The minimum atomic E-state index is -1.37. The van der Waals surface area contributed by atoms with Crippen LogP contribution in [0.15, 0.2) is 0 Å². The zero-order valence-corrected chi connectivity index (χ0v) is 12.3. The van der Waals surface area contributed by atoms with Crippen molar-refractivity contribution in [3.63, 3.8) is 0 Å². The van der Waals surface area contributed by atoms with Crippen molar-refractivity contribution in [1.29, 1.82) is 0 Å². The highest BCUT2D eigenvalue weighted by molar-refractivity contribution is 4.88. The summed E-state index contributed by atoms with van der Waals surface area (Å²) in [5.74, 6) is 0.696. The molecule has 0 aromatic rings. The summed E-state index contributed by atoms with van der Waals surface area (Å²) < 4.78 is 10.6. The lowest BCUT2D eigenvalue weighted by Crippen LogP contribution is -2.59. The minimum Gasteiger partial charge on any atom is -0.394 e. The van der Waals surface area contributed by atoms with Gasteiger partial charge in [-0.15, -0.1) is 0 Å². The minimum absolute atomic E-state index is 0.417. The highest BCUT2D eigenvalue weighted by Crippen LogP contribution is 2.22. The summed E-state index contributed by atoms with van der Waals surface area (Å²) >= 11 is 0. The normalized spacial score (nSPS) is 34.6. The Hall–Kier alpha value is -0.240. The molecule has 1 unspecified atom stereocenters. The van der Waals surface area contributed by atoms with Crippen LogP contribution < -0.4 is 0 Å². The fourth-order valence-corrected chi connectivity index (χ4v) is 2.24. The van der Waals surface area contributed by atoms with E-state index in [0.717, 1.165) is 19.3 Å². The first-order valence-electron chi connectivity index (χ1n) is 7.39. The molecule has 0 spiro atoms. The summed E-state index contributed by atoms with van der Waals surface area (Å²) in [6.45, 7) is 4.36. The van der Waals surface area contributed by atoms with E-state index in [1.165, 1.54) is 6.42 Å². The molecule has 0 amide bonds. The van der Waals surface area contributed by atoms with Crippen LogP contribution >= 0.6 is 0 Å². The Morgan fingerprint density at radius 3 is 2.30 bits per heavy atom. The molecular formula is C14H28O6. The second-order valence-corrected chi connectivity index (χ2v) is 5.81. The van der Waals surface area contributed by atoms with Crippen LogP contribution in [0.4, 0.5) is 0 Å². The van der Waals surface area contributed by atoms with Gasteiger partial charge >= 0.3 is 0 Å². The Morgan fingerprint density at radius 2 is 1.70 bits per heavy atom. The Morgan fingerprint density at radius 1 is 1.00 bits per heavy atom. The molecule has 4 N–H and O–H groups in total. The van der Waals surface area contributed by atoms with Crippen molar-refractivity contribution in [2.24, 2.45) is 5.92 Å². The lowest BCUT2D eigenvalue weighted by atomic mass is 9.99. The van der Waals surface area contributed by atoms with E-state index >= 15 is 0 Å². The van der Waals surface area contributed by atoms with Crippen LogP contribution in [0.5, 0.6) is 0 Å². The summed E-state index contributed by atoms with van der Waals surface area (Å²) in [5.41, 5.74) is 0. The third kappa shape index (κ3) is 5.27. The van der Waals surface area contributed by atoms with E-state index in [9.17, 15) is 15.3 Å². The van der Waals surface area contributed by atoms with Crippen LogP contribution in [-0.4, -0.2) is 64.3 Å². The maximum absolute atomic E-state index is 9.76. The first kappa shape index (κ1) is 17.8. The molecule has 1 aliphatic rings. The van der Waals surface area contributed by atoms with E-state index in [4.69, 9.17) is 14.6 Å². The Bertz CT molecular complexity index is 258. The van der Waals surface area contributed by atoms with Gasteiger partial charge in [0.15, 0.2) is 6.29 Å². The fraction of sp³-hybridized carbons (Fsp3) is 1.00. The van der Waals surface area contributed by atoms with Gasteiger partial charge in [0.2, 0.25) is 0 Å². The zero-order chi connectivity index (χ0) is 15.1. The van der Waals surface area contributed by atoms with Gasteiger partial charge in [0, 0.05) is 6.61 Å². The molecule has 6 nitrogen and oxygen atoms in total. The molecule has 0 aromatic carbocycles. The number of aliphatic hydroxyl groups is 4. The molecule has 0 bridgehead atoms. The molecule has 0 aliphatic carbocycles. The SMILES string of the molecule is CC(C)CCCCCOC1O[C@H](CO)[C@@H](O)[C@H](O)[C@H]1O. The molecule has 0 radical (unpaired) electrons. The van der Waals surface area contributed by atoms with Gasteiger partial charge < -0.3 is 29.9 Å². The molecule has 1 aliphatic heterocycles. The predicted octanol–water partition coefficient (Wildman–Crippen LogP) is 0.0193. The molecule has 1 heterocycles. The predicted molar refractivity (Wildman–Crippen MR) is 73.0 cm³/mol. The monoisotopic (exact) mass is 292 g/mol. The molecule has 6 heteroatoms. The van der Waals surface area contributed by atoms with Gasteiger partial charge in [-0.3, -0.25) is 0 Å². The van der Waals surface area contributed by atoms with Gasteiger partial charge in [-0.05, 0) is 12.3 Å². The van der Waals surface area contributed by atoms with Crippen molar-refractivity contribution in [1.82, 2.24) is 0 Å². The van der Waals surface area contributed by atoms with Gasteiger partial charge in [-0.1, -0.05) is 33.1 Å². The number of ether oxygens (including phenoxy) is 2. The number of unbranched alkanes of at least 4 members (excludes halogenated alkanes) is 2. The van der Waals surface area contributed by atoms with E-state index in [0.29, 0.717) is 12.5 Å². The van der Waals surface area contributed by atoms with Crippen molar-refractivity contribution < 1.29 is 29.9 Å². The number of aliphatic hydroxyl groups excluding tert-OH is 4. The summed E-state index contributed by atoms with van der Waals surface area (Å²) in [6.07, 6.45) is -1.71. The van der Waals surface area contributed by atoms with Crippen LogP contribution in [0.2, 0.25) is 0 Å². The second-order valence-electron chi connectivity index (χ2n) is 5.81. The Kier molecular flexibility index (Phi) is 7.94. The maximum atomic E-state index is 9.76. The standard InChI is InChI=1S/C14H28O6/c1-9(2)6-4-3-5-7-19-14-13(18)12(17)11(16)10(8-15)20-14/h9-18H,3-8H2,1-2H3/t10-,11-,12+,13-,14?/m1/s1. The van der Waals surface area contributed by atoms with Gasteiger partial charge in [-0.25, -0.2) is 0 Å². The number of rotatable bonds is 8. The van der Waals surface area contributed by atoms with Gasteiger partial charge in [0.1, 0.15) is 24.4 Å². The van der Waals surface area contributed by atoms with Crippen LogP contribution in [0.3, 0.4) is 0 Å². The molecule has 1 fully saturated rings. The highest BCUT2D eigenvalue weighted by Gasteiger charge is 2.43. The molecule has 120 valence electrons. The topological polar surface area (TPSA) is 99.4 Å². The van der Waals surface area contributed by atoms with E-state index < -0.39 is 37.3 Å². The summed E-state index contributed by atoms with van der Waals surface area (Å²) in [4.78, 5) is 0. The molecule has 1 rings (SSSR count). The van der Waals surface area contributed by atoms with Crippen LogP contribution in [0.1, 0.15) is 39.5 Å². The molecule has 1 saturated heterocycles. The van der Waals surface area contributed by atoms with Crippen molar-refractivity contribution in [2.75, 3.05) is 13.2 Å². The summed E-state index contributed by atoms with van der Waals surface area (Å²) in [7, 11) is 0. The molecule has 5 atom stereocenters. The van der Waals surface area contributed by atoms with Gasteiger partial charge in [0.25, 0.3) is 0 Å². The van der Waals surface area contributed by atoms with Gasteiger partial charge in [0.05, 0.1) is 6.61 Å². The Balaban J connectivity index is 2.25. The lowest BCUT2D eigenvalue weighted by molar-refractivity contribution is -0.301. The summed E-state index contributed by atoms with van der Waals surface area (Å²) in [5, 5.41) is 38.0. The first-order chi connectivity index (χ1) is 9.47. The average molecular weight is 292 g/mol. The van der Waals surface area contributed by atoms with Crippen molar-refractivity contribution in [2.45, 2.75) is 70.2 Å². The highest BCUT2D eigenvalue weighted by atomic mass is 16.7. The van der Waals surface area contributed by atoms with Crippen LogP contribution in [0, 0.1) is 5.92 Å². The number of hydrogen-bond acceptors (Lipinski definition) is 6. The number of hydrogen-bond donors (Lipinski definition) is 4. The quantitative estimate of drug-likeness (QED) is 0.471. The second kappa shape index (κ2) is 8.92. The molecule has 0 aromatic heterocycles. The third-order valence-corrected chi connectivity index (χ3v) is 3.56. The first-order valence-corrected chi connectivity index (χ1v) is 7.39. The summed E-state index contributed by atoms with van der Waals surface area (Å²) in [6, 6.07) is 0. The van der Waals surface area contributed by atoms with Gasteiger partial charge in [-0.2, -0.15) is 0 Å². The van der Waals surface area contributed by atoms with Crippen molar-refractivity contribution in [3.05, 3.63) is 0 Å². The van der Waals surface area contributed by atoms with Crippen molar-refractivity contribution >= 4 is 0 Å². The average Bonchev–Trinajstić information content (AvgIpc) is 2.42. The third-order valence-electron chi connectivity index (χ3n) is 3.56. The van der Waals surface area contributed by atoms with Crippen LogP contribution in [-0.2, 0) is 9.47 Å². The Labute approximate surface area is 120 Å². The van der Waals surface area contributed by atoms with E-state index in [-0.39, 0.29) is 0 Å². The zero-order valence-electron chi connectivity index (χ0n) is 12.3. The fourth-order valence-electron chi connectivity index (χ4n) is 2.24. The molecule has 0 saturated carbocycles. The van der Waals surface area contributed by atoms with E-state index in [1.807, 2.05) is 0 Å². The smallest absolute Gasteiger partial charge is 0.186 e. The largest absolute Gasteiger partial charge is 0.394 e. The van der Waals surface area contributed by atoms with E-state index in [2.05, 4.69) is 13.8 Å². The van der Waals surface area contributed by atoms with E-state index in [1.54, 1.807) is 0 Å². The molecular weight excluding hydrogens is 264 g/mol. The van der Waals surface area contributed by atoms with Crippen LogP contribution in [0.25, 0.3) is 0 Å². The maximum Gasteiger partial charge on any atom is 0.186 e. The van der Waals surface area contributed by atoms with Crippen molar-refractivity contribution in [3.8, 4) is 0 Å². The molecule has 20 heavy (non-hydrogen) atoms. The lowest BCUT2D eigenvalue weighted by Gasteiger charge is -2.39.